The Hall–Kier alpha value is -3.07. The number of carbonyl (C=O) groups is 2. The number of rotatable bonds is 12. The molecule has 1 unspecified atom stereocenters. The smallest absolute Gasteiger partial charge is 0.244 e. The lowest BCUT2D eigenvalue weighted by molar-refractivity contribution is -0.140. The maximum Gasteiger partial charge on any atom is 0.244 e. The van der Waals surface area contributed by atoms with Crippen molar-refractivity contribution in [1.82, 2.24) is 10.2 Å². The quantitative estimate of drug-likeness (QED) is 0.332. The van der Waals surface area contributed by atoms with E-state index in [0.29, 0.717) is 22.2 Å². The number of carbonyl (C=O) groups excluding carboxylic acids is 2. The van der Waals surface area contributed by atoms with Crippen molar-refractivity contribution in [3.05, 3.63) is 100 Å². The Morgan fingerprint density at radius 2 is 1.63 bits per heavy atom. The number of sulfonamides is 1. The van der Waals surface area contributed by atoms with Crippen molar-refractivity contribution >= 4 is 50.7 Å². The van der Waals surface area contributed by atoms with Gasteiger partial charge < -0.3 is 10.2 Å². The van der Waals surface area contributed by atoms with E-state index < -0.39 is 28.5 Å². The second kappa shape index (κ2) is 13.6. The summed E-state index contributed by atoms with van der Waals surface area (Å²) in [6.45, 7) is 1.88. The Morgan fingerprint density at radius 1 is 0.947 bits per heavy atom. The molecule has 1 atom stereocenters. The van der Waals surface area contributed by atoms with Crippen molar-refractivity contribution in [1.29, 1.82) is 0 Å². The van der Waals surface area contributed by atoms with Crippen molar-refractivity contribution in [2.24, 2.45) is 0 Å². The number of anilines is 1. The molecule has 3 aromatic rings. The summed E-state index contributed by atoms with van der Waals surface area (Å²) in [4.78, 5) is 28.8. The fourth-order valence-corrected chi connectivity index (χ4v) is 5.20. The SMILES string of the molecule is CCCNC(=O)C(Cc1ccccc1)N(Cc1ccccc1Cl)C(=O)CN(c1cccc(Cl)c1)S(C)(=O)=O. The first kappa shape index (κ1) is 29.5. The molecule has 0 aliphatic rings. The van der Waals surface area contributed by atoms with Gasteiger partial charge in [0.2, 0.25) is 21.8 Å². The molecular weight excluding hydrogens is 545 g/mol. The maximum absolute atomic E-state index is 13.9. The number of nitrogens with one attached hydrogen (secondary N) is 1. The highest BCUT2D eigenvalue weighted by Crippen LogP contribution is 2.24. The van der Waals surface area contributed by atoms with E-state index in [4.69, 9.17) is 23.2 Å². The van der Waals surface area contributed by atoms with Crippen LogP contribution in [0.1, 0.15) is 24.5 Å². The normalized spacial score (nSPS) is 12.0. The predicted molar refractivity (Wildman–Crippen MR) is 153 cm³/mol. The highest BCUT2D eigenvalue weighted by molar-refractivity contribution is 7.92. The first-order chi connectivity index (χ1) is 18.1. The Kier molecular flexibility index (Phi) is 10.6. The fraction of sp³-hybridized carbons (Fsp3) is 0.286. The predicted octanol–water partition coefficient (Wildman–Crippen LogP) is 4.93. The zero-order valence-electron chi connectivity index (χ0n) is 21.3. The lowest BCUT2D eigenvalue weighted by atomic mass is 10.0. The Labute approximate surface area is 234 Å². The summed E-state index contributed by atoms with van der Waals surface area (Å²) in [6.07, 6.45) is 1.98. The summed E-state index contributed by atoms with van der Waals surface area (Å²) in [5.41, 5.74) is 1.74. The van der Waals surface area contributed by atoms with Crippen molar-refractivity contribution < 1.29 is 18.0 Å². The van der Waals surface area contributed by atoms with Crippen LogP contribution in [0, 0.1) is 0 Å². The van der Waals surface area contributed by atoms with Crippen LogP contribution in [-0.4, -0.2) is 50.5 Å². The van der Waals surface area contributed by atoms with Crippen LogP contribution in [0.3, 0.4) is 0 Å². The molecule has 0 saturated heterocycles. The van der Waals surface area contributed by atoms with Gasteiger partial charge in [0.1, 0.15) is 12.6 Å². The van der Waals surface area contributed by atoms with Crippen LogP contribution in [0.15, 0.2) is 78.9 Å². The third-order valence-corrected chi connectivity index (χ3v) is 7.64. The molecule has 7 nitrogen and oxygen atoms in total. The summed E-state index contributed by atoms with van der Waals surface area (Å²) in [6, 6.07) is 21.8. The standard InChI is InChI=1S/C28H31Cl2N3O4S/c1-3-16-31-28(35)26(17-21-10-5-4-6-11-21)32(19-22-12-7-8-15-25(22)30)27(34)20-33(38(2,36)37)24-14-9-13-23(29)18-24/h4-15,18,26H,3,16-17,19-20H2,1-2H3,(H,31,35). The van der Waals surface area contributed by atoms with E-state index in [9.17, 15) is 18.0 Å². The molecule has 10 heteroatoms. The Balaban J connectivity index is 2.05. The van der Waals surface area contributed by atoms with Gasteiger partial charge in [-0.05, 0) is 41.8 Å². The highest BCUT2D eigenvalue weighted by atomic mass is 35.5. The molecule has 0 spiro atoms. The summed E-state index contributed by atoms with van der Waals surface area (Å²) in [5, 5.41) is 3.66. The molecule has 3 aromatic carbocycles. The maximum atomic E-state index is 13.9. The van der Waals surface area contributed by atoms with Crippen LogP contribution < -0.4 is 9.62 Å². The molecule has 0 aliphatic carbocycles. The van der Waals surface area contributed by atoms with Gasteiger partial charge in [0.15, 0.2) is 0 Å². The van der Waals surface area contributed by atoms with Gasteiger partial charge in [0.25, 0.3) is 0 Å². The van der Waals surface area contributed by atoms with Crippen LogP contribution in [-0.2, 0) is 32.6 Å². The second-order valence-corrected chi connectivity index (χ2v) is 11.6. The molecular formula is C28H31Cl2N3O4S. The molecule has 0 aliphatic heterocycles. The number of halogens is 2. The average Bonchev–Trinajstić information content (AvgIpc) is 2.88. The molecule has 1 N–H and O–H groups in total. The van der Waals surface area contributed by atoms with Crippen molar-refractivity contribution in [2.45, 2.75) is 32.4 Å². The zero-order valence-corrected chi connectivity index (χ0v) is 23.6. The molecule has 0 heterocycles. The van der Waals surface area contributed by atoms with E-state index in [1.165, 1.54) is 11.0 Å². The molecule has 0 radical (unpaired) electrons. The third kappa shape index (κ3) is 8.21. The van der Waals surface area contributed by atoms with Gasteiger partial charge in [-0.15, -0.1) is 0 Å². The summed E-state index contributed by atoms with van der Waals surface area (Å²) in [5.74, 6) is -0.882. The van der Waals surface area contributed by atoms with Crippen molar-refractivity contribution in [2.75, 3.05) is 23.7 Å². The molecule has 3 rings (SSSR count). The minimum atomic E-state index is -3.86. The van der Waals surface area contributed by atoms with E-state index in [1.54, 1.807) is 42.5 Å². The van der Waals surface area contributed by atoms with Crippen molar-refractivity contribution in [3.8, 4) is 0 Å². The molecule has 0 fully saturated rings. The first-order valence-electron chi connectivity index (χ1n) is 12.2. The lowest BCUT2D eigenvalue weighted by Crippen LogP contribution is -2.53. The fourth-order valence-electron chi connectivity index (χ4n) is 3.98. The molecule has 202 valence electrons. The van der Waals surface area contributed by atoms with Crippen LogP contribution in [0.4, 0.5) is 5.69 Å². The molecule has 0 bridgehead atoms. The monoisotopic (exact) mass is 575 g/mol. The van der Waals surface area contributed by atoms with Crippen LogP contribution in [0.5, 0.6) is 0 Å². The average molecular weight is 577 g/mol. The number of benzene rings is 3. The summed E-state index contributed by atoms with van der Waals surface area (Å²) < 4.78 is 26.5. The van der Waals surface area contributed by atoms with E-state index in [2.05, 4.69) is 5.32 Å². The highest BCUT2D eigenvalue weighted by Gasteiger charge is 2.33. The molecule has 0 saturated carbocycles. The van der Waals surface area contributed by atoms with Crippen LogP contribution in [0.2, 0.25) is 10.0 Å². The van der Waals surface area contributed by atoms with Crippen molar-refractivity contribution in [3.63, 3.8) is 0 Å². The summed E-state index contributed by atoms with van der Waals surface area (Å²) >= 11 is 12.5. The molecule has 0 aromatic heterocycles. The van der Waals surface area contributed by atoms with Gasteiger partial charge in [0.05, 0.1) is 11.9 Å². The van der Waals surface area contributed by atoms with E-state index in [0.717, 1.165) is 22.5 Å². The van der Waals surface area contributed by atoms with Gasteiger partial charge in [-0.1, -0.05) is 84.7 Å². The zero-order chi connectivity index (χ0) is 27.7. The Bertz CT molecular complexity index is 1350. The topological polar surface area (TPSA) is 86.8 Å². The minimum absolute atomic E-state index is 0.0166. The van der Waals surface area contributed by atoms with Gasteiger partial charge in [-0.2, -0.15) is 0 Å². The number of hydrogen-bond acceptors (Lipinski definition) is 4. The van der Waals surface area contributed by atoms with Gasteiger partial charge in [-0.3, -0.25) is 13.9 Å². The van der Waals surface area contributed by atoms with E-state index in [-0.39, 0.29) is 24.6 Å². The lowest BCUT2D eigenvalue weighted by Gasteiger charge is -2.33. The Morgan fingerprint density at radius 3 is 2.26 bits per heavy atom. The second-order valence-electron chi connectivity index (χ2n) is 8.86. The summed E-state index contributed by atoms with van der Waals surface area (Å²) in [7, 11) is -3.86. The van der Waals surface area contributed by atoms with E-state index >= 15 is 0 Å². The molecule has 38 heavy (non-hydrogen) atoms. The van der Waals surface area contributed by atoms with Gasteiger partial charge in [-0.25, -0.2) is 8.42 Å². The number of nitrogens with zero attached hydrogens (tertiary/aromatic N) is 2. The number of amides is 2. The minimum Gasteiger partial charge on any atom is -0.354 e. The largest absolute Gasteiger partial charge is 0.354 e. The third-order valence-electron chi connectivity index (χ3n) is 5.89. The molecule has 2 amide bonds. The van der Waals surface area contributed by atoms with Crippen LogP contribution >= 0.6 is 23.2 Å². The van der Waals surface area contributed by atoms with Gasteiger partial charge in [0, 0.05) is 29.6 Å². The van der Waals surface area contributed by atoms with Crippen LogP contribution in [0.25, 0.3) is 0 Å². The van der Waals surface area contributed by atoms with Gasteiger partial charge >= 0.3 is 0 Å². The first-order valence-corrected chi connectivity index (χ1v) is 14.8. The number of hydrogen-bond donors (Lipinski definition) is 1. The van der Waals surface area contributed by atoms with E-state index in [1.807, 2.05) is 37.3 Å².